The Morgan fingerprint density at radius 1 is 0.500 bits per heavy atom. The van der Waals surface area contributed by atoms with Crippen LogP contribution < -0.4 is 24.3 Å². The van der Waals surface area contributed by atoms with Gasteiger partial charge < -0.3 is 14.5 Å². The minimum atomic E-state index is -0.839. The quantitative estimate of drug-likeness (QED) is 0.149. The second kappa shape index (κ2) is 15.0. The van der Waals surface area contributed by atoms with Crippen molar-refractivity contribution in [3.63, 3.8) is 0 Å². The molecule has 0 spiro atoms. The maximum Gasteiger partial charge on any atom is 0.265 e. The zero-order valence-corrected chi connectivity index (χ0v) is 38.9. The Kier molecular flexibility index (Phi) is 9.55. The monoisotopic (exact) mass is 909 g/mol. The van der Waals surface area contributed by atoms with Crippen LogP contribution in [0.2, 0.25) is 0 Å². The van der Waals surface area contributed by atoms with Crippen molar-refractivity contribution in [3.05, 3.63) is 136 Å². The van der Waals surface area contributed by atoms with Crippen molar-refractivity contribution in [2.24, 2.45) is 0 Å². The van der Waals surface area contributed by atoms with Gasteiger partial charge in [0.15, 0.2) is 0 Å². The Hall–Kier alpha value is -7.42. The average Bonchev–Trinajstić information content (AvgIpc) is 3.32. The molecule has 0 saturated carbocycles. The molecule has 0 bridgehead atoms. The molecule has 0 atom stereocenters. The largest absolute Gasteiger partial charge is 0.497 e. The summed E-state index contributed by atoms with van der Waals surface area (Å²) in [7, 11) is 1.65. The van der Waals surface area contributed by atoms with Crippen molar-refractivity contribution in [1.29, 1.82) is 0 Å². The number of benzene rings is 6. The minimum absolute atomic E-state index is 0.155. The van der Waals surface area contributed by atoms with Crippen molar-refractivity contribution in [2.75, 3.05) is 52.9 Å². The summed E-state index contributed by atoms with van der Waals surface area (Å²) in [5.74, 6) is -2.50. The fourth-order valence-electron chi connectivity index (χ4n) is 11.7. The van der Waals surface area contributed by atoms with Crippen LogP contribution in [0.4, 0.5) is 22.7 Å². The summed E-state index contributed by atoms with van der Waals surface area (Å²) in [6, 6.07) is 26.2. The number of carbonyl (C=O) groups excluding carboxylic acids is 6. The lowest BCUT2D eigenvalue weighted by Crippen LogP contribution is -2.64. The summed E-state index contributed by atoms with van der Waals surface area (Å²) in [5, 5.41) is 16.1. The topological polar surface area (TPSA) is 151 Å². The van der Waals surface area contributed by atoms with E-state index in [9.17, 15) is 34.0 Å². The van der Waals surface area contributed by atoms with E-state index in [-0.39, 0.29) is 51.6 Å². The molecular weight excluding hydrogens is 861 g/mol. The number of hydrogen-bond acceptors (Lipinski definition) is 10. The first-order valence-corrected chi connectivity index (χ1v) is 23.0. The highest BCUT2D eigenvalue weighted by molar-refractivity contribution is 6.40. The maximum atomic E-state index is 14.6. The van der Waals surface area contributed by atoms with Crippen LogP contribution >= 0.6 is 0 Å². The number of methoxy groups -OCH3 is 1. The number of anilines is 4. The molecule has 6 aromatic rings. The van der Waals surface area contributed by atoms with Crippen LogP contribution in [0.5, 0.6) is 5.75 Å². The summed E-state index contributed by atoms with van der Waals surface area (Å²) in [5.41, 5.74) is 3.45. The number of piperidine rings is 1. The van der Waals surface area contributed by atoms with Crippen LogP contribution in [0, 0.1) is 13.8 Å². The van der Waals surface area contributed by atoms with Gasteiger partial charge in [0, 0.05) is 110 Å². The van der Waals surface area contributed by atoms with Crippen LogP contribution in [0.1, 0.15) is 114 Å². The molecule has 68 heavy (non-hydrogen) atoms. The third-order valence-electron chi connectivity index (χ3n) is 14.8. The lowest BCUT2D eigenvalue weighted by atomic mass is 9.77. The third-order valence-corrected chi connectivity index (χ3v) is 14.8. The number of ether oxygens (including phenoxy) is 1. The summed E-state index contributed by atoms with van der Waals surface area (Å²) in [4.78, 5) is 95.1. The number of hydrogen-bond donors (Lipinski definition) is 0. The average molecular weight is 910 g/mol. The first-order chi connectivity index (χ1) is 32.4. The van der Waals surface area contributed by atoms with E-state index in [4.69, 9.17) is 4.74 Å². The molecular formula is C54H49N6O8. The number of aryl methyl sites for hydroxylation is 2. The van der Waals surface area contributed by atoms with Gasteiger partial charge in [-0.05, 0) is 144 Å². The molecule has 2 saturated heterocycles. The van der Waals surface area contributed by atoms with E-state index in [0.29, 0.717) is 33.3 Å². The van der Waals surface area contributed by atoms with Crippen LogP contribution in [-0.2, 0) is 5.21 Å². The highest BCUT2D eigenvalue weighted by atomic mass is 16.5. The molecule has 0 unspecified atom stereocenters. The minimum Gasteiger partial charge on any atom is -0.497 e. The molecule has 6 aromatic carbocycles. The second-order valence-electron chi connectivity index (χ2n) is 19.9. The van der Waals surface area contributed by atoms with Crippen LogP contribution in [-0.4, -0.2) is 95.8 Å². The van der Waals surface area contributed by atoms with Gasteiger partial charge in [0.2, 0.25) is 0 Å². The maximum absolute atomic E-state index is 14.6. The van der Waals surface area contributed by atoms with Gasteiger partial charge in [-0.2, -0.15) is 0 Å². The molecule has 2 fully saturated rings. The number of imide groups is 3. The van der Waals surface area contributed by atoms with E-state index >= 15 is 0 Å². The third kappa shape index (κ3) is 6.16. The number of carbonyl (C=O) groups is 6. The molecule has 0 aliphatic carbocycles. The van der Waals surface area contributed by atoms with Gasteiger partial charge in [-0.15, -0.1) is 10.3 Å². The van der Waals surface area contributed by atoms with Gasteiger partial charge in [-0.1, -0.05) is 12.1 Å². The zero-order valence-electron chi connectivity index (χ0n) is 38.9. The molecule has 11 rings (SSSR count). The molecule has 5 aliphatic rings. The van der Waals surface area contributed by atoms with Gasteiger partial charge in [-0.25, -0.2) is 9.80 Å². The summed E-state index contributed by atoms with van der Waals surface area (Å²) >= 11 is 0. The highest BCUT2D eigenvalue weighted by Crippen LogP contribution is 2.46. The molecule has 14 heteroatoms. The Bertz CT molecular complexity index is 3170. The number of amides is 6. The van der Waals surface area contributed by atoms with E-state index in [0.717, 1.165) is 58.7 Å². The first-order valence-electron chi connectivity index (χ1n) is 23.0. The van der Waals surface area contributed by atoms with E-state index in [1.165, 1.54) is 34.1 Å². The van der Waals surface area contributed by atoms with Gasteiger partial charge in [0.05, 0.1) is 18.5 Å². The molecule has 5 aliphatic heterocycles. The standard InChI is InChI=1S/C54H49N6O8/c1-29-26-43(59-51(65)39-17-15-37-45-38(16-18-40(46(39)45)52(59)66)48(62)57(47(37)61)32-27-53(3,4)60(67)54(5,6)28-32)30(2)25-42(29)58-49(63)35-10-8-9-34-41(20-19-36(44(34)35)50(58)64)56-23-21-55(22-24-56)31-11-13-33(68-7)14-12-31/h8-20,25-26,32H,21-24,27-28H2,1-7H3. The summed E-state index contributed by atoms with van der Waals surface area (Å²) in [6.45, 7) is 13.7. The summed E-state index contributed by atoms with van der Waals surface area (Å²) < 4.78 is 5.33. The molecule has 343 valence electrons. The fourth-order valence-corrected chi connectivity index (χ4v) is 11.7. The Morgan fingerprint density at radius 2 is 0.926 bits per heavy atom. The highest BCUT2D eigenvalue weighted by Gasteiger charge is 2.51. The molecule has 14 nitrogen and oxygen atoms in total. The number of rotatable bonds is 6. The van der Waals surface area contributed by atoms with E-state index in [1.54, 1.807) is 72.9 Å². The van der Waals surface area contributed by atoms with Gasteiger partial charge in [0.25, 0.3) is 35.4 Å². The van der Waals surface area contributed by atoms with Crippen molar-refractivity contribution >= 4 is 79.7 Å². The van der Waals surface area contributed by atoms with Gasteiger partial charge in [0.1, 0.15) is 5.75 Å². The van der Waals surface area contributed by atoms with Gasteiger partial charge >= 0.3 is 0 Å². The predicted molar refractivity (Wildman–Crippen MR) is 258 cm³/mol. The van der Waals surface area contributed by atoms with Crippen molar-refractivity contribution < 1.29 is 38.7 Å². The van der Waals surface area contributed by atoms with Crippen LogP contribution in [0.15, 0.2) is 91.0 Å². The van der Waals surface area contributed by atoms with E-state index in [2.05, 4.69) is 21.9 Å². The SMILES string of the molecule is COc1ccc(N2CCN(c3ccc4c5c(cccc35)C(=O)N(c3cc(C)c(N5C(=O)c6ccc7c8c(ccc(c68)C5=O)C(=O)N(C5CC(C)(C)N([O])C(C)(C)C5)C7=O)cc3C)C4=O)CC2)cc1. The molecule has 5 heterocycles. The van der Waals surface area contributed by atoms with Crippen molar-refractivity contribution in [1.82, 2.24) is 9.96 Å². The first kappa shape index (κ1) is 43.2. The van der Waals surface area contributed by atoms with Crippen LogP contribution in [0.25, 0.3) is 21.5 Å². The van der Waals surface area contributed by atoms with E-state index in [1.807, 2.05) is 30.3 Å². The van der Waals surface area contributed by atoms with Crippen molar-refractivity contribution in [2.45, 2.75) is 71.5 Å². The Labute approximate surface area is 392 Å². The predicted octanol–water partition coefficient (Wildman–Crippen LogP) is 8.51. The van der Waals surface area contributed by atoms with Crippen molar-refractivity contribution in [3.8, 4) is 5.75 Å². The Morgan fingerprint density at radius 3 is 1.41 bits per heavy atom. The fraction of sp³-hybridized carbons (Fsp3) is 0.296. The second-order valence-corrected chi connectivity index (χ2v) is 19.9. The molecule has 0 aromatic heterocycles. The lowest BCUT2D eigenvalue weighted by molar-refractivity contribution is -0.292. The van der Waals surface area contributed by atoms with Crippen LogP contribution in [0.3, 0.4) is 0 Å². The molecule has 1 radical (unpaired) electrons. The lowest BCUT2D eigenvalue weighted by Gasteiger charge is -2.52. The molecule has 0 N–H and O–H groups in total. The molecule has 6 amide bonds. The van der Waals surface area contributed by atoms with Gasteiger partial charge in [-0.3, -0.25) is 33.7 Å². The normalized spacial score (nSPS) is 19.3. The Balaban J connectivity index is 0.883. The number of hydroxylamine groups is 2. The van der Waals surface area contributed by atoms with E-state index < -0.39 is 52.6 Å². The smallest absolute Gasteiger partial charge is 0.265 e. The number of piperazine rings is 1. The summed E-state index contributed by atoms with van der Waals surface area (Å²) in [6.07, 6.45) is 0.567. The zero-order chi connectivity index (χ0) is 47.9. The number of nitrogens with zero attached hydrogens (tertiary/aromatic N) is 6.